The Balaban J connectivity index is 2.34. The van der Waals surface area contributed by atoms with E-state index in [2.05, 4.69) is 4.98 Å². The van der Waals surface area contributed by atoms with E-state index in [0.717, 1.165) is 0 Å². The molecule has 2 N–H and O–H groups in total. The number of aromatic nitrogens is 1. The van der Waals surface area contributed by atoms with E-state index in [-0.39, 0.29) is 11.5 Å². The van der Waals surface area contributed by atoms with Gasteiger partial charge >= 0.3 is 5.97 Å². The van der Waals surface area contributed by atoms with Crippen LogP contribution in [-0.4, -0.2) is 21.8 Å². The molecule has 5 heteroatoms. The molecule has 0 unspecified atom stereocenters. The third-order valence-corrected chi connectivity index (χ3v) is 2.49. The van der Waals surface area contributed by atoms with Gasteiger partial charge in [-0.1, -0.05) is 6.92 Å². The lowest BCUT2D eigenvalue weighted by Gasteiger charge is -1.96. The molecule has 0 bridgehead atoms. The lowest BCUT2D eigenvalue weighted by atomic mass is 10.1. The molecule has 0 radical (unpaired) electrons. The molecule has 0 spiro atoms. The van der Waals surface area contributed by atoms with Crippen LogP contribution in [0.4, 0.5) is 0 Å². The number of carboxylic acids is 1. The number of ketones is 1. The van der Waals surface area contributed by atoms with Gasteiger partial charge in [-0.15, -0.1) is 0 Å². The summed E-state index contributed by atoms with van der Waals surface area (Å²) in [6, 6.07) is 2.91. The van der Waals surface area contributed by atoms with Gasteiger partial charge in [-0.05, 0) is 12.1 Å². The highest BCUT2D eigenvalue weighted by Gasteiger charge is 2.18. The summed E-state index contributed by atoms with van der Waals surface area (Å²) in [5.41, 5.74) is 0.789. The first-order valence-electron chi connectivity index (χ1n) is 5.16. The van der Waals surface area contributed by atoms with Crippen LogP contribution in [0.5, 0.6) is 0 Å². The van der Waals surface area contributed by atoms with E-state index < -0.39 is 5.97 Å². The maximum atomic E-state index is 12.1. The van der Waals surface area contributed by atoms with Crippen molar-refractivity contribution in [1.82, 2.24) is 4.98 Å². The highest BCUT2D eigenvalue weighted by molar-refractivity contribution is 6.10. The molecule has 0 aliphatic carbocycles. The molecule has 17 heavy (non-hydrogen) atoms. The molecule has 0 aliphatic heterocycles. The van der Waals surface area contributed by atoms with Crippen LogP contribution in [0.3, 0.4) is 0 Å². The molecule has 5 nitrogen and oxygen atoms in total. The predicted octanol–water partition coefficient (Wildman–Crippen LogP) is 2.10. The molecule has 88 valence electrons. The van der Waals surface area contributed by atoms with Gasteiger partial charge in [-0.3, -0.25) is 4.79 Å². The largest absolute Gasteiger partial charge is 0.477 e. The number of aryl methyl sites for hydroxylation is 1. The first-order chi connectivity index (χ1) is 8.13. The number of hydrogen-bond acceptors (Lipinski definition) is 3. The van der Waals surface area contributed by atoms with Gasteiger partial charge in [0.15, 0.2) is 5.78 Å². The Hall–Kier alpha value is -2.30. The minimum atomic E-state index is -1.09. The van der Waals surface area contributed by atoms with Crippen molar-refractivity contribution in [3.8, 4) is 0 Å². The van der Waals surface area contributed by atoms with E-state index in [0.29, 0.717) is 23.3 Å². The topological polar surface area (TPSA) is 83.3 Å². The van der Waals surface area contributed by atoms with Crippen molar-refractivity contribution >= 4 is 11.8 Å². The third-order valence-electron chi connectivity index (χ3n) is 2.49. The fourth-order valence-electron chi connectivity index (χ4n) is 1.62. The van der Waals surface area contributed by atoms with Gasteiger partial charge in [-0.2, -0.15) is 0 Å². The van der Waals surface area contributed by atoms with Crippen molar-refractivity contribution in [3.05, 3.63) is 47.2 Å². The Bertz CT molecular complexity index is 565. The van der Waals surface area contributed by atoms with Gasteiger partial charge in [-0.25, -0.2) is 4.79 Å². The summed E-state index contributed by atoms with van der Waals surface area (Å²) in [6.07, 6.45) is 3.46. The molecule has 2 rings (SSSR count). The number of carbonyl (C=O) groups is 2. The van der Waals surface area contributed by atoms with Crippen LogP contribution in [0, 0.1) is 0 Å². The van der Waals surface area contributed by atoms with Crippen molar-refractivity contribution in [3.63, 3.8) is 0 Å². The second-order valence-electron chi connectivity index (χ2n) is 3.55. The first kappa shape index (κ1) is 11.2. The Labute approximate surface area is 97.1 Å². The summed E-state index contributed by atoms with van der Waals surface area (Å²) in [5, 5.41) is 8.75. The molecule has 0 amide bonds. The fraction of sp³-hybridized carbons (Fsp3) is 0.167. The summed E-state index contributed by atoms with van der Waals surface area (Å²) in [4.78, 5) is 25.3. The van der Waals surface area contributed by atoms with Gasteiger partial charge in [0.05, 0.1) is 11.8 Å². The van der Waals surface area contributed by atoms with Crippen molar-refractivity contribution < 1.29 is 19.1 Å². The normalized spacial score (nSPS) is 10.4. The monoisotopic (exact) mass is 233 g/mol. The average molecular weight is 233 g/mol. The van der Waals surface area contributed by atoms with Crippen LogP contribution in [0.2, 0.25) is 0 Å². The maximum absolute atomic E-state index is 12.1. The van der Waals surface area contributed by atoms with Gasteiger partial charge in [0.1, 0.15) is 11.5 Å². The predicted molar refractivity (Wildman–Crippen MR) is 59.3 cm³/mol. The number of furan rings is 1. The van der Waals surface area contributed by atoms with E-state index in [1.807, 2.05) is 6.92 Å². The Morgan fingerprint density at radius 1 is 1.47 bits per heavy atom. The van der Waals surface area contributed by atoms with Crippen LogP contribution in [0.1, 0.15) is 39.1 Å². The van der Waals surface area contributed by atoms with Gasteiger partial charge in [0, 0.05) is 18.2 Å². The SMILES string of the molecule is CCc1occc1C(=O)c1c[nH]c(C(=O)O)c1. The van der Waals surface area contributed by atoms with Crippen LogP contribution in [0.25, 0.3) is 0 Å². The fourth-order valence-corrected chi connectivity index (χ4v) is 1.62. The number of H-pyrrole nitrogens is 1. The Morgan fingerprint density at radius 3 is 2.82 bits per heavy atom. The van der Waals surface area contributed by atoms with Gasteiger partial charge in [0.2, 0.25) is 0 Å². The van der Waals surface area contributed by atoms with E-state index in [1.54, 1.807) is 6.07 Å². The van der Waals surface area contributed by atoms with Crippen LogP contribution < -0.4 is 0 Å². The molecule has 0 saturated heterocycles. The number of aromatic amines is 1. The minimum absolute atomic E-state index is 0.00473. The molecule has 2 aromatic heterocycles. The number of carboxylic acid groups (broad SMARTS) is 1. The van der Waals surface area contributed by atoms with Gasteiger partial charge in [0.25, 0.3) is 0 Å². The number of carbonyl (C=O) groups excluding carboxylic acids is 1. The number of nitrogens with one attached hydrogen (secondary N) is 1. The first-order valence-corrected chi connectivity index (χ1v) is 5.16. The molecule has 0 atom stereocenters. The number of hydrogen-bond donors (Lipinski definition) is 2. The summed E-state index contributed by atoms with van der Waals surface area (Å²) in [5.74, 6) is -0.723. The molecule has 0 saturated carbocycles. The van der Waals surface area contributed by atoms with Crippen LogP contribution in [0.15, 0.2) is 29.0 Å². The molecular weight excluding hydrogens is 222 g/mol. The quantitative estimate of drug-likeness (QED) is 0.792. The average Bonchev–Trinajstić information content (AvgIpc) is 2.96. The smallest absolute Gasteiger partial charge is 0.352 e. The zero-order valence-electron chi connectivity index (χ0n) is 9.19. The third kappa shape index (κ3) is 1.99. The summed E-state index contributed by atoms with van der Waals surface area (Å²) < 4.78 is 5.16. The van der Waals surface area contributed by atoms with Crippen LogP contribution in [-0.2, 0) is 6.42 Å². The molecule has 2 heterocycles. The van der Waals surface area contributed by atoms with E-state index in [4.69, 9.17) is 9.52 Å². The molecular formula is C12H11NO4. The zero-order valence-corrected chi connectivity index (χ0v) is 9.19. The highest BCUT2D eigenvalue weighted by Crippen LogP contribution is 2.17. The zero-order chi connectivity index (χ0) is 12.4. The van der Waals surface area contributed by atoms with E-state index in [1.165, 1.54) is 18.5 Å². The molecule has 0 aromatic carbocycles. The lowest BCUT2D eigenvalue weighted by Crippen LogP contribution is -2.01. The van der Waals surface area contributed by atoms with Crippen molar-refractivity contribution in [2.24, 2.45) is 0 Å². The maximum Gasteiger partial charge on any atom is 0.352 e. The van der Waals surface area contributed by atoms with Gasteiger partial charge < -0.3 is 14.5 Å². The molecule has 2 aromatic rings. The second-order valence-corrected chi connectivity index (χ2v) is 3.55. The van der Waals surface area contributed by atoms with Crippen LogP contribution >= 0.6 is 0 Å². The van der Waals surface area contributed by atoms with E-state index in [9.17, 15) is 9.59 Å². The second kappa shape index (κ2) is 4.29. The van der Waals surface area contributed by atoms with E-state index >= 15 is 0 Å². The Morgan fingerprint density at radius 2 is 2.24 bits per heavy atom. The molecule has 0 fully saturated rings. The number of rotatable bonds is 4. The van der Waals surface area contributed by atoms with Crippen molar-refractivity contribution in [1.29, 1.82) is 0 Å². The minimum Gasteiger partial charge on any atom is -0.477 e. The molecule has 0 aliphatic rings. The highest BCUT2D eigenvalue weighted by atomic mass is 16.4. The van der Waals surface area contributed by atoms with Crippen molar-refractivity contribution in [2.75, 3.05) is 0 Å². The summed E-state index contributed by atoms with van der Waals surface area (Å²) in [7, 11) is 0. The standard InChI is InChI=1S/C12H11NO4/c1-2-10-8(3-4-17-10)11(14)7-5-9(12(15)16)13-6-7/h3-6,13H,2H2,1H3,(H,15,16). The number of aromatic carboxylic acids is 1. The Kier molecular flexibility index (Phi) is 2.82. The van der Waals surface area contributed by atoms with Crippen molar-refractivity contribution in [2.45, 2.75) is 13.3 Å². The summed E-state index contributed by atoms with van der Waals surface area (Å²) >= 11 is 0. The lowest BCUT2D eigenvalue weighted by molar-refractivity contribution is 0.0691. The summed E-state index contributed by atoms with van der Waals surface area (Å²) in [6.45, 7) is 1.88.